The van der Waals surface area contributed by atoms with Gasteiger partial charge in [-0.05, 0) is 12.1 Å². The summed E-state index contributed by atoms with van der Waals surface area (Å²) in [4.78, 5) is 9.15. The van der Waals surface area contributed by atoms with Gasteiger partial charge in [0.1, 0.15) is 17.2 Å². The third kappa shape index (κ3) is 2.12. The summed E-state index contributed by atoms with van der Waals surface area (Å²) in [6.45, 7) is 0. The molecule has 0 aliphatic carbocycles. The Morgan fingerprint density at radius 2 is 1.91 bits per heavy atom. The zero-order chi connectivity index (χ0) is 15.1. The number of aliphatic imine (C=N–C) groups is 1. The Bertz CT molecular complexity index is 875. The minimum absolute atomic E-state index is 0.412. The lowest BCUT2D eigenvalue weighted by molar-refractivity contribution is 0.856. The highest BCUT2D eigenvalue weighted by atomic mass is 35.5. The van der Waals surface area contributed by atoms with Gasteiger partial charge in [0, 0.05) is 5.56 Å². The van der Waals surface area contributed by atoms with Crippen LogP contribution in [0.5, 0.6) is 0 Å². The van der Waals surface area contributed by atoms with E-state index in [2.05, 4.69) is 32.8 Å². The predicted octanol–water partition coefficient (Wildman–Crippen LogP) is 3.10. The fourth-order valence-corrected chi connectivity index (χ4v) is 2.89. The number of halogens is 1. The molecule has 3 heterocycles. The van der Waals surface area contributed by atoms with E-state index < -0.39 is 5.37 Å². The van der Waals surface area contributed by atoms with Crippen molar-refractivity contribution in [1.29, 1.82) is 0 Å². The van der Waals surface area contributed by atoms with Crippen molar-refractivity contribution in [3.8, 4) is 5.69 Å². The van der Waals surface area contributed by atoms with E-state index in [4.69, 9.17) is 11.6 Å². The Hall–Kier alpha value is -2.18. The van der Waals surface area contributed by atoms with Crippen LogP contribution >= 0.6 is 24.2 Å². The molecule has 0 N–H and O–H groups in total. The maximum atomic E-state index is 6.09. The normalized spacial score (nSPS) is 16.5. The Morgan fingerprint density at radius 3 is 2.73 bits per heavy atom. The maximum Gasteiger partial charge on any atom is 0.172 e. The van der Waals surface area contributed by atoms with Gasteiger partial charge in [0.15, 0.2) is 11.2 Å². The molecule has 0 spiro atoms. The van der Waals surface area contributed by atoms with E-state index in [0.717, 1.165) is 17.0 Å². The van der Waals surface area contributed by atoms with Gasteiger partial charge < -0.3 is 0 Å². The third-order valence-electron chi connectivity index (χ3n) is 3.43. The Kier molecular flexibility index (Phi) is 3.20. The average Bonchev–Trinajstić information content (AvgIpc) is 2.99. The predicted molar refractivity (Wildman–Crippen MR) is 88.0 cm³/mol. The number of hydrogen-bond acceptors (Lipinski definition) is 5. The van der Waals surface area contributed by atoms with Crippen LogP contribution in [0.15, 0.2) is 53.8 Å². The second-order valence-corrected chi connectivity index (χ2v) is 5.65. The molecule has 0 radical (unpaired) electrons. The lowest BCUT2D eigenvalue weighted by atomic mass is 10.1. The molecule has 1 aliphatic rings. The lowest BCUT2D eigenvalue weighted by Gasteiger charge is -2.10. The molecule has 1 unspecified atom stereocenters. The number of thiol groups is 1. The van der Waals surface area contributed by atoms with Gasteiger partial charge in [0.25, 0.3) is 0 Å². The first-order valence-electron chi connectivity index (χ1n) is 6.62. The number of fused-ring (bicyclic) bond motifs is 3. The molecule has 108 valence electrons. The number of nitrogens with zero attached hydrogens (tertiary/aromatic N) is 5. The first-order chi connectivity index (χ1) is 10.7. The SMILES string of the molecule is SC1N=C(c2ccccc2)c2nc(Cl)ccc2-n2cnnc21. The molecule has 0 saturated carbocycles. The van der Waals surface area contributed by atoms with Crippen LogP contribution in [0.25, 0.3) is 5.69 Å². The molecule has 1 aromatic carbocycles. The highest BCUT2D eigenvalue weighted by Gasteiger charge is 2.25. The van der Waals surface area contributed by atoms with Crippen LogP contribution in [-0.4, -0.2) is 25.5 Å². The molecular weight excluding hydrogens is 318 g/mol. The standard InChI is InChI=1S/C15H10ClN5S/c16-11-7-6-10-13(18-11)12(9-4-2-1-3-5-9)19-15(22)14-20-17-8-21(10)14/h1-8,15,22H. The van der Waals surface area contributed by atoms with E-state index in [-0.39, 0.29) is 0 Å². The van der Waals surface area contributed by atoms with Gasteiger partial charge >= 0.3 is 0 Å². The molecule has 2 aromatic heterocycles. The second kappa shape index (κ2) is 5.23. The summed E-state index contributed by atoms with van der Waals surface area (Å²) in [6.07, 6.45) is 1.64. The van der Waals surface area contributed by atoms with Crippen LogP contribution in [0.1, 0.15) is 22.5 Å². The molecule has 5 nitrogen and oxygen atoms in total. The van der Waals surface area contributed by atoms with Crippen molar-refractivity contribution in [3.05, 3.63) is 71.0 Å². The van der Waals surface area contributed by atoms with E-state index in [9.17, 15) is 0 Å². The van der Waals surface area contributed by atoms with E-state index in [1.165, 1.54) is 0 Å². The van der Waals surface area contributed by atoms with Crippen LogP contribution in [-0.2, 0) is 0 Å². The summed E-state index contributed by atoms with van der Waals surface area (Å²) in [5, 5.41) is 8.05. The zero-order valence-corrected chi connectivity index (χ0v) is 12.9. The molecule has 3 aromatic rings. The molecule has 1 atom stereocenters. The van der Waals surface area contributed by atoms with Gasteiger partial charge in [-0.1, -0.05) is 41.9 Å². The van der Waals surface area contributed by atoms with Gasteiger partial charge in [-0.3, -0.25) is 9.56 Å². The van der Waals surface area contributed by atoms with Gasteiger partial charge in [-0.15, -0.1) is 22.8 Å². The molecule has 22 heavy (non-hydrogen) atoms. The summed E-state index contributed by atoms with van der Waals surface area (Å²) in [5.41, 5.74) is 3.22. The first kappa shape index (κ1) is 13.5. The average molecular weight is 328 g/mol. The molecule has 0 fully saturated rings. The highest BCUT2D eigenvalue weighted by molar-refractivity contribution is 7.80. The van der Waals surface area contributed by atoms with Crippen LogP contribution in [0.3, 0.4) is 0 Å². The topological polar surface area (TPSA) is 56.0 Å². The Labute approximate surface area is 137 Å². The van der Waals surface area contributed by atoms with E-state index >= 15 is 0 Å². The largest absolute Gasteiger partial charge is 0.281 e. The van der Waals surface area contributed by atoms with E-state index in [0.29, 0.717) is 16.7 Å². The fourth-order valence-electron chi connectivity index (χ4n) is 2.45. The quantitative estimate of drug-likeness (QED) is 0.552. The summed E-state index contributed by atoms with van der Waals surface area (Å²) < 4.78 is 1.84. The number of aromatic nitrogens is 4. The van der Waals surface area contributed by atoms with Crippen LogP contribution in [0.4, 0.5) is 0 Å². The van der Waals surface area contributed by atoms with Crippen molar-refractivity contribution < 1.29 is 0 Å². The summed E-state index contributed by atoms with van der Waals surface area (Å²) in [5.74, 6) is 0.652. The Morgan fingerprint density at radius 1 is 1.09 bits per heavy atom. The molecule has 0 bridgehead atoms. The van der Waals surface area contributed by atoms with Crippen LogP contribution in [0, 0.1) is 0 Å². The summed E-state index contributed by atoms with van der Waals surface area (Å²) in [6, 6.07) is 13.5. The van der Waals surface area contributed by atoms with Crippen molar-refractivity contribution in [1.82, 2.24) is 19.7 Å². The number of pyridine rings is 1. The van der Waals surface area contributed by atoms with Gasteiger partial charge in [-0.2, -0.15) is 0 Å². The van der Waals surface area contributed by atoms with Crippen molar-refractivity contribution in [2.24, 2.45) is 4.99 Å². The monoisotopic (exact) mass is 327 g/mol. The number of benzene rings is 1. The molecule has 0 saturated heterocycles. The summed E-state index contributed by atoms with van der Waals surface area (Å²) >= 11 is 10.6. The Balaban J connectivity index is 2.03. The number of hydrogen-bond donors (Lipinski definition) is 1. The van der Waals surface area contributed by atoms with Crippen molar-refractivity contribution >= 4 is 29.9 Å². The molecule has 4 rings (SSSR count). The van der Waals surface area contributed by atoms with Crippen molar-refractivity contribution in [2.45, 2.75) is 5.37 Å². The van der Waals surface area contributed by atoms with Gasteiger partial charge in [-0.25, -0.2) is 4.98 Å². The van der Waals surface area contributed by atoms with E-state index in [1.807, 2.05) is 41.0 Å². The van der Waals surface area contributed by atoms with Crippen LogP contribution in [0.2, 0.25) is 5.15 Å². The maximum absolute atomic E-state index is 6.09. The van der Waals surface area contributed by atoms with Crippen LogP contribution < -0.4 is 0 Å². The lowest BCUT2D eigenvalue weighted by Crippen LogP contribution is -2.09. The van der Waals surface area contributed by atoms with E-state index in [1.54, 1.807) is 12.4 Å². The summed E-state index contributed by atoms with van der Waals surface area (Å²) in [7, 11) is 0. The molecular formula is C15H10ClN5S. The minimum Gasteiger partial charge on any atom is -0.281 e. The first-order valence-corrected chi connectivity index (χ1v) is 7.52. The highest BCUT2D eigenvalue weighted by Crippen LogP contribution is 2.30. The minimum atomic E-state index is -0.425. The fraction of sp³-hybridized carbons (Fsp3) is 0.0667. The molecule has 1 aliphatic heterocycles. The van der Waals surface area contributed by atoms with Crippen molar-refractivity contribution in [2.75, 3.05) is 0 Å². The smallest absolute Gasteiger partial charge is 0.172 e. The van der Waals surface area contributed by atoms with Crippen molar-refractivity contribution in [3.63, 3.8) is 0 Å². The molecule has 7 heteroatoms. The zero-order valence-electron chi connectivity index (χ0n) is 11.3. The third-order valence-corrected chi connectivity index (χ3v) is 3.98. The van der Waals surface area contributed by atoms with Gasteiger partial charge in [0.2, 0.25) is 0 Å². The second-order valence-electron chi connectivity index (χ2n) is 4.78. The van der Waals surface area contributed by atoms with Gasteiger partial charge in [0.05, 0.1) is 11.4 Å². The molecule has 0 amide bonds. The number of rotatable bonds is 1.